The molecule has 70 valence electrons. The van der Waals surface area contributed by atoms with Crippen molar-refractivity contribution >= 4 is 22.0 Å². The maximum atomic E-state index is 5.82. The predicted molar refractivity (Wildman–Crippen MR) is 63.1 cm³/mol. The summed E-state index contributed by atoms with van der Waals surface area (Å²) in [6, 6.07) is 12.2. The van der Waals surface area contributed by atoms with Crippen molar-refractivity contribution in [3.8, 4) is 0 Å². The fourth-order valence-corrected chi connectivity index (χ4v) is 1.69. The van der Waals surface area contributed by atoms with Gasteiger partial charge in [-0.3, -0.25) is 0 Å². The van der Waals surface area contributed by atoms with E-state index in [1.807, 2.05) is 31.2 Å². The molecule has 2 aromatic rings. The van der Waals surface area contributed by atoms with Crippen LogP contribution in [0.1, 0.15) is 12.5 Å². The van der Waals surface area contributed by atoms with Crippen LogP contribution < -0.4 is 5.73 Å². The summed E-state index contributed by atoms with van der Waals surface area (Å²) in [5.74, 6) is 0. The Bertz CT molecular complexity index is 498. The zero-order valence-electron chi connectivity index (χ0n) is 8.25. The highest BCUT2D eigenvalue weighted by molar-refractivity contribution is 5.95. The van der Waals surface area contributed by atoms with Crippen molar-refractivity contribution in [2.45, 2.75) is 6.92 Å². The van der Waals surface area contributed by atoms with Crippen LogP contribution in [-0.2, 0) is 0 Å². The smallest absolute Gasteiger partial charge is 0.0326 e. The van der Waals surface area contributed by atoms with Gasteiger partial charge in [0.25, 0.3) is 0 Å². The van der Waals surface area contributed by atoms with Gasteiger partial charge in [0.15, 0.2) is 0 Å². The van der Waals surface area contributed by atoms with Crippen LogP contribution in [-0.4, -0.2) is 0 Å². The average Bonchev–Trinajstić information content (AvgIpc) is 2.16. The second kappa shape index (κ2) is 3.18. The molecule has 2 N–H and O–H groups in total. The van der Waals surface area contributed by atoms with Crippen molar-refractivity contribution in [2.24, 2.45) is 0 Å². The maximum Gasteiger partial charge on any atom is 0.0326 e. The Morgan fingerprint density at radius 2 is 1.93 bits per heavy atom. The fourth-order valence-electron chi connectivity index (χ4n) is 1.69. The number of hydrogen-bond acceptors (Lipinski definition) is 1. The first-order valence-electron chi connectivity index (χ1n) is 4.62. The van der Waals surface area contributed by atoms with Gasteiger partial charge in [-0.05, 0) is 35.4 Å². The molecule has 0 fully saturated rings. The Balaban J connectivity index is 2.87. The molecule has 0 aliphatic carbocycles. The van der Waals surface area contributed by atoms with E-state index in [9.17, 15) is 0 Å². The molecule has 0 spiro atoms. The number of nitrogen functional groups attached to an aromatic ring is 1. The first-order valence-corrected chi connectivity index (χ1v) is 4.62. The molecule has 0 aliphatic rings. The van der Waals surface area contributed by atoms with E-state index in [0.717, 1.165) is 16.8 Å². The summed E-state index contributed by atoms with van der Waals surface area (Å²) in [5, 5.41) is 2.39. The molecule has 2 rings (SSSR count). The first-order chi connectivity index (χ1) is 6.68. The van der Waals surface area contributed by atoms with Gasteiger partial charge in [0.2, 0.25) is 0 Å². The van der Waals surface area contributed by atoms with Crippen LogP contribution in [0.4, 0.5) is 5.69 Å². The minimum atomic E-state index is 0.793. The Morgan fingerprint density at radius 3 is 2.64 bits per heavy atom. The van der Waals surface area contributed by atoms with Gasteiger partial charge in [-0.2, -0.15) is 0 Å². The molecule has 0 amide bonds. The van der Waals surface area contributed by atoms with Gasteiger partial charge in [0, 0.05) is 5.69 Å². The number of nitrogens with two attached hydrogens (primary N) is 1. The summed E-state index contributed by atoms with van der Waals surface area (Å²) in [5.41, 5.74) is 8.80. The van der Waals surface area contributed by atoms with Crippen molar-refractivity contribution in [2.75, 3.05) is 5.73 Å². The van der Waals surface area contributed by atoms with E-state index >= 15 is 0 Å². The summed E-state index contributed by atoms with van der Waals surface area (Å²) >= 11 is 0. The Hall–Kier alpha value is -1.76. The third-order valence-electron chi connectivity index (χ3n) is 2.34. The molecule has 0 unspecified atom stereocenters. The topological polar surface area (TPSA) is 26.0 Å². The summed E-state index contributed by atoms with van der Waals surface area (Å²) in [4.78, 5) is 0. The number of fused-ring (bicyclic) bond motifs is 1. The minimum Gasteiger partial charge on any atom is -0.399 e. The summed E-state index contributed by atoms with van der Waals surface area (Å²) in [6.45, 7) is 5.96. The first kappa shape index (κ1) is 8.82. The standard InChI is InChI=1S/C13H13N/c1-9(2)13-8-11(14)7-10-5-3-4-6-12(10)13/h3-8H,1,14H2,2H3. The molecular weight excluding hydrogens is 170 g/mol. The minimum absolute atomic E-state index is 0.793. The Morgan fingerprint density at radius 1 is 1.21 bits per heavy atom. The van der Waals surface area contributed by atoms with E-state index in [1.165, 1.54) is 10.8 Å². The zero-order chi connectivity index (χ0) is 10.1. The second-order valence-electron chi connectivity index (χ2n) is 3.57. The molecule has 0 saturated heterocycles. The number of anilines is 1. The van der Waals surface area contributed by atoms with E-state index in [4.69, 9.17) is 5.73 Å². The summed E-state index contributed by atoms with van der Waals surface area (Å²) in [6.07, 6.45) is 0. The third-order valence-corrected chi connectivity index (χ3v) is 2.34. The average molecular weight is 183 g/mol. The molecular formula is C13H13N. The normalized spacial score (nSPS) is 10.4. The monoisotopic (exact) mass is 183 g/mol. The number of hydrogen-bond donors (Lipinski definition) is 1. The van der Waals surface area contributed by atoms with E-state index in [1.54, 1.807) is 0 Å². The number of benzene rings is 2. The summed E-state index contributed by atoms with van der Waals surface area (Å²) in [7, 11) is 0. The molecule has 1 nitrogen and oxygen atoms in total. The van der Waals surface area contributed by atoms with Gasteiger partial charge in [-0.1, -0.05) is 36.4 Å². The van der Waals surface area contributed by atoms with E-state index in [0.29, 0.717) is 0 Å². The lowest BCUT2D eigenvalue weighted by atomic mass is 9.99. The fraction of sp³-hybridized carbons (Fsp3) is 0.0769. The summed E-state index contributed by atoms with van der Waals surface area (Å²) < 4.78 is 0. The molecule has 2 aromatic carbocycles. The lowest BCUT2D eigenvalue weighted by molar-refractivity contribution is 1.62. The molecule has 0 radical (unpaired) electrons. The second-order valence-corrected chi connectivity index (χ2v) is 3.57. The van der Waals surface area contributed by atoms with E-state index < -0.39 is 0 Å². The van der Waals surface area contributed by atoms with Crippen LogP contribution in [0.25, 0.3) is 16.3 Å². The highest BCUT2D eigenvalue weighted by Crippen LogP contribution is 2.26. The molecule has 0 saturated carbocycles. The SMILES string of the molecule is C=C(C)c1cc(N)cc2ccccc12. The quantitative estimate of drug-likeness (QED) is 0.673. The molecule has 0 heterocycles. The van der Waals surface area contributed by atoms with Gasteiger partial charge < -0.3 is 5.73 Å². The van der Waals surface area contributed by atoms with Crippen LogP contribution in [0.3, 0.4) is 0 Å². The van der Waals surface area contributed by atoms with Gasteiger partial charge in [-0.25, -0.2) is 0 Å². The van der Waals surface area contributed by atoms with Gasteiger partial charge in [-0.15, -0.1) is 0 Å². The van der Waals surface area contributed by atoms with Crippen molar-refractivity contribution in [3.05, 3.63) is 48.5 Å². The lowest BCUT2D eigenvalue weighted by Gasteiger charge is -2.07. The van der Waals surface area contributed by atoms with Gasteiger partial charge >= 0.3 is 0 Å². The number of rotatable bonds is 1. The van der Waals surface area contributed by atoms with Gasteiger partial charge in [0.05, 0.1) is 0 Å². The molecule has 0 atom stereocenters. The van der Waals surface area contributed by atoms with Crippen molar-refractivity contribution in [3.63, 3.8) is 0 Å². The number of allylic oxidation sites excluding steroid dienone is 1. The predicted octanol–water partition coefficient (Wildman–Crippen LogP) is 3.46. The molecule has 1 heteroatoms. The van der Waals surface area contributed by atoms with Crippen LogP contribution in [0.15, 0.2) is 43.0 Å². The van der Waals surface area contributed by atoms with Crippen molar-refractivity contribution in [1.82, 2.24) is 0 Å². The van der Waals surface area contributed by atoms with Crippen LogP contribution in [0.2, 0.25) is 0 Å². The molecule has 14 heavy (non-hydrogen) atoms. The zero-order valence-corrected chi connectivity index (χ0v) is 8.25. The third kappa shape index (κ3) is 1.37. The molecule has 0 bridgehead atoms. The largest absolute Gasteiger partial charge is 0.399 e. The highest BCUT2D eigenvalue weighted by atomic mass is 14.5. The van der Waals surface area contributed by atoms with Crippen molar-refractivity contribution < 1.29 is 0 Å². The maximum absolute atomic E-state index is 5.82. The van der Waals surface area contributed by atoms with Gasteiger partial charge in [0.1, 0.15) is 0 Å². The Kier molecular flexibility index (Phi) is 2.01. The van der Waals surface area contributed by atoms with Crippen LogP contribution >= 0.6 is 0 Å². The lowest BCUT2D eigenvalue weighted by Crippen LogP contribution is -1.89. The Labute approximate surface area is 83.9 Å². The molecule has 0 aliphatic heterocycles. The van der Waals surface area contributed by atoms with E-state index in [2.05, 4.69) is 18.7 Å². The van der Waals surface area contributed by atoms with E-state index in [-0.39, 0.29) is 0 Å². The van der Waals surface area contributed by atoms with Crippen molar-refractivity contribution in [1.29, 1.82) is 0 Å². The molecule has 0 aromatic heterocycles. The highest BCUT2D eigenvalue weighted by Gasteiger charge is 2.02. The van der Waals surface area contributed by atoms with Crippen LogP contribution in [0, 0.1) is 0 Å². The van der Waals surface area contributed by atoms with Crippen LogP contribution in [0.5, 0.6) is 0 Å².